The third-order valence-electron chi connectivity index (χ3n) is 2.48. The third-order valence-corrected chi connectivity index (χ3v) is 2.75. The Balaban J connectivity index is 2.39. The normalized spacial score (nSPS) is 17.9. The van der Waals surface area contributed by atoms with Crippen molar-refractivity contribution in [3.63, 3.8) is 0 Å². The number of nitrogens with zero attached hydrogens (tertiary/aromatic N) is 2. The second-order valence-electron chi connectivity index (χ2n) is 3.54. The third kappa shape index (κ3) is 1.21. The predicted octanol–water partition coefficient (Wildman–Crippen LogP) is 1.51. The number of esters is 1. The predicted molar refractivity (Wildman–Crippen MR) is 51.2 cm³/mol. The first-order valence-electron chi connectivity index (χ1n) is 4.41. The first-order valence-corrected chi connectivity index (χ1v) is 4.79. The van der Waals surface area contributed by atoms with Gasteiger partial charge in [-0.2, -0.15) is 5.10 Å². The zero-order valence-corrected chi connectivity index (χ0v) is 8.84. The second-order valence-corrected chi connectivity index (χ2v) is 3.93. The Hall–Kier alpha value is -1.03. The van der Waals surface area contributed by atoms with Crippen molar-refractivity contribution in [3.05, 3.63) is 16.9 Å². The van der Waals surface area contributed by atoms with Crippen molar-refractivity contribution in [2.24, 2.45) is 0 Å². The molecule has 1 aliphatic rings. The Labute approximate surface area is 86.8 Å². The van der Waals surface area contributed by atoms with Gasteiger partial charge in [0.2, 0.25) is 0 Å². The Morgan fingerprint density at radius 3 is 2.71 bits per heavy atom. The van der Waals surface area contributed by atoms with Gasteiger partial charge in [-0.1, -0.05) is 11.6 Å². The van der Waals surface area contributed by atoms with E-state index in [9.17, 15) is 4.79 Å². The van der Waals surface area contributed by atoms with E-state index < -0.39 is 5.54 Å². The zero-order valence-electron chi connectivity index (χ0n) is 8.08. The summed E-state index contributed by atoms with van der Waals surface area (Å²) < 4.78 is 6.30. The Morgan fingerprint density at radius 1 is 1.71 bits per heavy atom. The Bertz CT molecular complexity index is 382. The van der Waals surface area contributed by atoms with Gasteiger partial charge >= 0.3 is 5.97 Å². The van der Waals surface area contributed by atoms with E-state index in [1.807, 2.05) is 6.92 Å². The number of carbonyl (C=O) groups is 1. The number of rotatable bonds is 2. The fraction of sp³-hybridized carbons (Fsp3) is 0.556. The molecule has 76 valence electrons. The average molecular weight is 215 g/mol. The maximum absolute atomic E-state index is 11.5. The van der Waals surface area contributed by atoms with Crippen LogP contribution in [0.3, 0.4) is 0 Å². The van der Waals surface area contributed by atoms with Crippen molar-refractivity contribution in [2.45, 2.75) is 25.3 Å². The van der Waals surface area contributed by atoms with Crippen molar-refractivity contribution in [1.29, 1.82) is 0 Å². The molecule has 0 bridgehead atoms. The van der Waals surface area contributed by atoms with Crippen molar-refractivity contribution in [1.82, 2.24) is 9.78 Å². The minimum absolute atomic E-state index is 0.262. The standard InChI is InChI=1S/C9H11ClN2O2/c1-6-5-7(10)12(11-6)9(3-4-9)8(13)14-2/h5H,3-4H2,1-2H3. The van der Waals surface area contributed by atoms with Crippen LogP contribution in [0.25, 0.3) is 0 Å². The molecule has 0 spiro atoms. The van der Waals surface area contributed by atoms with E-state index in [-0.39, 0.29) is 5.97 Å². The summed E-state index contributed by atoms with van der Waals surface area (Å²) in [6.07, 6.45) is 1.50. The van der Waals surface area contributed by atoms with E-state index >= 15 is 0 Å². The fourth-order valence-electron chi connectivity index (χ4n) is 1.58. The van der Waals surface area contributed by atoms with Crippen LogP contribution in [0.4, 0.5) is 0 Å². The maximum atomic E-state index is 11.5. The van der Waals surface area contributed by atoms with Gasteiger partial charge in [-0.05, 0) is 25.8 Å². The van der Waals surface area contributed by atoms with Gasteiger partial charge in [-0.25, -0.2) is 9.48 Å². The molecule has 1 fully saturated rings. The molecule has 1 heterocycles. The quantitative estimate of drug-likeness (QED) is 0.701. The summed E-state index contributed by atoms with van der Waals surface area (Å²) in [5.74, 6) is -0.262. The summed E-state index contributed by atoms with van der Waals surface area (Å²) in [6, 6.07) is 1.74. The molecular formula is C9H11ClN2O2. The number of methoxy groups -OCH3 is 1. The highest BCUT2D eigenvalue weighted by Gasteiger charge is 2.55. The van der Waals surface area contributed by atoms with E-state index in [2.05, 4.69) is 5.10 Å². The smallest absolute Gasteiger partial charge is 0.333 e. The summed E-state index contributed by atoms with van der Waals surface area (Å²) in [4.78, 5) is 11.5. The Morgan fingerprint density at radius 2 is 2.36 bits per heavy atom. The van der Waals surface area contributed by atoms with E-state index in [1.165, 1.54) is 7.11 Å². The molecule has 0 N–H and O–H groups in total. The molecule has 1 aliphatic carbocycles. The molecule has 0 radical (unpaired) electrons. The molecule has 0 aliphatic heterocycles. The van der Waals surface area contributed by atoms with Crippen LogP contribution in [0, 0.1) is 6.92 Å². The van der Waals surface area contributed by atoms with Gasteiger partial charge in [0.1, 0.15) is 5.15 Å². The highest BCUT2D eigenvalue weighted by atomic mass is 35.5. The molecule has 4 nitrogen and oxygen atoms in total. The molecule has 0 aromatic carbocycles. The van der Waals surface area contributed by atoms with Gasteiger partial charge in [0.25, 0.3) is 0 Å². The minimum atomic E-state index is -0.625. The number of hydrogen-bond donors (Lipinski definition) is 0. The molecule has 1 saturated carbocycles. The van der Waals surface area contributed by atoms with Gasteiger partial charge in [-0.3, -0.25) is 0 Å². The van der Waals surface area contributed by atoms with Crippen LogP contribution in [0.2, 0.25) is 5.15 Å². The lowest BCUT2D eigenvalue weighted by atomic mass is 10.3. The highest BCUT2D eigenvalue weighted by Crippen LogP contribution is 2.45. The monoisotopic (exact) mass is 214 g/mol. The fourth-order valence-corrected chi connectivity index (χ4v) is 1.94. The van der Waals surface area contributed by atoms with Crippen molar-refractivity contribution >= 4 is 17.6 Å². The summed E-state index contributed by atoms with van der Waals surface area (Å²) in [6.45, 7) is 1.84. The van der Waals surface area contributed by atoms with Gasteiger partial charge in [0.15, 0.2) is 5.54 Å². The lowest BCUT2D eigenvalue weighted by molar-refractivity contribution is -0.146. The summed E-state index contributed by atoms with van der Waals surface area (Å²) >= 11 is 5.96. The SMILES string of the molecule is COC(=O)C1(n2nc(C)cc2Cl)CC1. The molecule has 2 rings (SSSR count). The van der Waals surface area contributed by atoms with Crippen LogP contribution in [0.1, 0.15) is 18.5 Å². The number of hydrogen-bond acceptors (Lipinski definition) is 3. The number of aromatic nitrogens is 2. The molecular weight excluding hydrogens is 204 g/mol. The largest absolute Gasteiger partial charge is 0.467 e. The molecule has 1 aromatic rings. The van der Waals surface area contributed by atoms with Crippen molar-refractivity contribution < 1.29 is 9.53 Å². The summed E-state index contributed by atoms with van der Waals surface area (Å²) in [5.41, 5.74) is 0.185. The number of halogens is 1. The van der Waals surface area contributed by atoms with Gasteiger partial charge in [0.05, 0.1) is 12.8 Å². The lowest BCUT2D eigenvalue weighted by Gasteiger charge is -2.13. The van der Waals surface area contributed by atoms with E-state index in [1.54, 1.807) is 10.7 Å². The molecule has 1 aromatic heterocycles. The molecule has 0 amide bonds. The van der Waals surface area contributed by atoms with Gasteiger partial charge in [0, 0.05) is 0 Å². The van der Waals surface area contributed by atoms with E-state index in [4.69, 9.17) is 16.3 Å². The molecule has 0 saturated heterocycles. The minimum Gasteiger partial charge on any atom is -0.467 e. The highest BCUT2D eigenvalue weighted by molar-refractivity contribution is 6.29. The van der Waals surface area contributed by atoms with Crippen molar-refractivity contribution in [3.8, 4) is 0 Å². The maximum Gasteiger partial charge on any atom is 0.333 e. The van der Waals surface area contributed by atoms with Crippen LogP contribution in [0.15, 0.2) is 6.07 Å². The molecule has 0 atom stereocenters. The second kappa shape index (κ2) is 2.98. The van der Waals surface area contributed by atoms with E-state index in [0.717, 1.165) is 18.5 Å². The van der Waals surface area contributed by atoms with Crippen LogP contribution < -0.4 is 0 Å². The zero-order chi connectivity index (χ0) is 10.3. The Kier molecular flexibility index (Phi) is 2.03. The summed E-state index contributed by atoms with van der Waals surface area (Å²) in [7, 11) is 1.38. The van der Waals surface area contributed by atoms with Gasteiger partial charge in [-0.15, -0.1) is 0 Å². The van der Waals surface area contributed by atoms with Crippen LogP contribution in [0.5, 0.6) is 0 Å². The number of carbonyl (C=O) groups excluding carboxylic acids is 1. The first kappa shape index (κ1) is 9.52. The number of ether oxygens (including phenoxy) is 1. The molecule has 14 heavy (non-hydrogen) atoms. The van der Waals surface area contributed by atoms with Crippen LogP contribution in [-0.4, -0.2) is 22.9 Å². The average Bonchev–Trinajstić information content (AvgIpc) is 2.88. The van der Waals surface area contributed by atoms with Crippen LogP contribution >= 0.6 is 11.6 Å². The summed E-state index contributed by atoms with van der Waals surface area (Å²) in [5, 5.41) is 4.69. The molecule has 0 unspecified atom stereocenters. The molecule has 5 heteroatoms. The number of aryl methyl sites for hydroxylation is 1. The van der Waals surface area contributed by atoms with Crippen molar-refractivity contribution in [2.75, 3.05) is 7.11 Å². The van der Waals surface area contributed by atoms with E-state index in [0.29, 0.717) is 5.15 Å². The van der Waals surface area contributed by atoms with Crippen LogP contribution in [-0.2, 0) is 15.1 Å². The lowest BCUT2D eigenvalue weighted by Crippen LogP contribution is -2.30. The van der Waals surface area contributed by atoms with Gasteiger partial charge < -0.3 is 4.74 Å². The first-order chi connectivity index (χ1) is 6.60. The topological polar surface area (TPSA) is 44.1 Å².